The van der Waals surface area contributed by atoms with Crippen molar-refractivity contribution in [3.63, 3.8) is 0 Å². The molecule has 19 heavy (non-hydrogen) atoms. The number of carbonyl (C=O) groups excluding carboxylic acids is 3. The molecule has 0 saturated carbocycles. The van der Waals surface area contributed by atoms with Crippen LogP contribution in [0.1, 0.15) is 27.1 Å². The zero-order valence-corrected chi connectivity index (χ0v) is 10.9. The van der Waals surface area contributed by atoms with Gasteiger partial charge in [-0.25, -0.2) is 4.79 Å². The van der Waals surface area contributed by atoms with E-state index in [9.17, 15) is 14.4 Å². The first-order chi connectivity index (χ1) is 9.00. The molecule has 1 aliphatic heterocycles. The molecule has 0 fully saturated rings. The molecule has 2 rings (SSSR count). The Hall–Kier alpha value is -1.85. The summed E-state index contributed by atoms with van der Waals surface area (Å²) in [6.45, 7) is 0. The minimum Gasteiger partial charge on any atom is -0.329 e. The highest BCUT2D eigenvalue weighted by Crippen LogP contribution is 2.22. The summed E-state index contributed by atoms with van der Waals surface area (Å²) in [6, 6.07) is 6.20. The maximum Gasteiger partial charge on any atom is 0.337 e. The lowest BCUT2D eigenvalue weighted by atomic mass is 10.1. The fourth-order valence-corrected chi connectivity index (χ4v) is 1.70. The lowest BCUT2D eigenvalue weighted by molar-refractivity contribution is -0.167. The number of hydrogen-bond acceptors (Lipinski definition) is 4. The lowest BCUT2D eigenvalue weighted by Gasteiger charge is -2.11. The number of fused-ring (bicyclic) bond motifs is 1. The molecule has 0 atom stereocenters. The SMILES string of the molecule is O=C(CC=C(Cl)Cl)ON1C(=O)c2ccccc2C1=O. The van der Waals surface area contributed by atoms with Gasteiger partial charge in [-0.2, -0.15) is 0 Å². The summed E-state index contributed by atoms with van der Waals surface area (Å²) in [4.78, 5) is 39.8. The van der Waals surface area contributed by atoms with Crippen molar-refractivity contribution < 1.29 is 19.2 Å². The van der Waals surface area contributed by atoms with Crippen molar-refractivity contribution in [2.75, 3.05) is 0 Å². The predicted molar refractivity (Wildman–Crippen MR) is 67.4 cm³/mol. The second kappa shape index (κ2) is 5.42. The van der Waals surface area contributed by atoms with Crippen LogP contribution in [0.5, 0.6) is 0 Å². The molecule has 5 nitrogen and oxygen atoms in total. The standard InChI is InChI=1S/C12H7Cl2NO4/c13-9(14)5-6-10(16)19-15-11(17)7-3-1-2-4-8(7)12(15)18/h1-5H,6H2. The molecular formula is C12H7Cl2NO4. The smallest absolute Gasteiger partial charge is 0.329 e. The summed E-state index contributed by atoms with van der Waals surface area (Å²) in [6.07, 6.45) is 0.958. The highest BCUT2D eigenvalue weighted by Gasteiger charge is 2.38. The predicted octanol–water partition coefficient (Wildman–Crippen LogP) is 2.45. The van der Waals surface area contributed by atoms with Crippen molar-refractivity contribution in [3.05, 3.63) is 46.0 Å². The maximum absolute atomic E-state index is 11.8. The fraction of sp³-hybridized carbons (Fsp3) is 0.0833. The monoisotopic (exact) mass is 299 g/mol. The summed E-state index contributed by atoms with van der Waals surface area (Å²) in [5.74, 6) is -2.15. The van der Waals surface area contributed by atoms with Gasteiger partial charge in [0.25, 0.3) is 11.8 Å². The Morgan fingerprint density at radius 2 is 1.68 bits per heavy atom. The van der Waals surface area contributed by atoms with E-state index in [1.807, 2.05) is 0 Å². The third-order valence-corrected chi connectivity index (χ3v) is 2.68. The Kier molecular flexibility index (Phi) is 3.87. The van der Waals surface area contributed by atoms with E-state index in [2.05, 4.69) is 0 Å². The van der Waals surface area contributed by atoms with Crippen LogP contribution in [0, 0.1) is 0 Å². The van der Waals surface area contributed by atoms with Crippen LogP contribution in [0.25, 0.3) is 0 Å². The van der Waals surface area contributed by atoms with Crippen LogP contribution in [0.4, 0.5) is 0 Å². The second-order valence-corrected chi connectivity index (χ2v) is 4.62. The van der Waals surface area contributed by atoms with Crippen molar-refractivity contribution in [1.29, 1.82) is 0 Å². The summed E-state index contributed by atoms with van der Waals surface area (Å²) >= 11 is 10.7. The average molecular weight is 300 g/mol. The number of rotatable bonds is 3. The van der Waals surface area contributed by atoms with Crippen molar-refractivity contribution in [2.24, 2.45) is 0 Å². The highest BCUT2D eigenvalue weighted by molar-refractivity contribution is 6.55. The van der Waals surface area contributed by atoms with Crippen molar-refractivity contribution in [1.82, 2.24) is 5.06 Å². The highest BCUT2D eigenvalue weighted by atomic mass is 35.5. The number of amides is 2. The van der Waals surface area contributed by atoms with E-state index < -0.39 is 17.8 Å². The van der Waals surface area contributed by atoms with Crippen LogP contribution in [0.15, 0.2) is 34.8 Å². The zero-order valence-electron chi connectivity index (χ0n) is 9.43. The minimum atomic E-state index is -0.812. The molecule has 0 spiro atoms. The van der Waals surface area contributed by atoms with E-state index >= 15 is 0 Å². The number of benzene rings is 1. The van der Waals surface area contributed by atoms with E-state index in [4.69, 9.17) is 28.0 Å². The number of halogens is 2. The maximum atomic E-state index is 11.8. The second-order valence-electron chi connectivity index (χ2n) is 3.61. The molecule has 0 radical (unpaired) electrons. The van der Waals surface area contributed by atoms with Crippen molar-refractivity contribution in [3.8, 4) is 0 Å². The first-order valence-electron chi connectivity index (χ1n) is 5.20. The van der Waals surface area contributed by atoms with E-state index in [-0.39, 0.29) is 22.0 Å². The molecule has 1 aliphatic rings. The molecule has 1 heterocycles. The van der Waals surface area contributed by atoms with Crippen molar-refractivity contribution in [2.45, 2.75) is 6.42 Å². The van der Waals surface area contributed by atoms with E-state index in [0.29, 0.717) is 5.06 Å². The molecule has 1 aromatic rings. The van der Waals surface area contributed by atoms with Crippen LogP contribution in [-0.4, -0.2) is 22.8 Å². The molecular weight excluding hydrogens is 293 g/mol. The minimum absolute atomic E-state index is 0.0979. The van der Waals surface area contributed by atoms with Gasteiger partial charge in [0.05, 0.1) is 17.5 Å². The van der Waals surface area contributed by atoms with Gasteiger partial charge in [-0.1, -0.05) is 40.4 Å². The number of hydroxylamine groups is 2. The van der Waals surface area contributed by atoms with Gasteiger partial charge >= 0.3 is 5.97 Å². The van der Waals surface area contributed by atoms with E-state index in [1.54, 1.807) is 12.1 Å². The zero-order chi connectivity index (χ0) is 14.0. The van der Waals surface area contributed by atoms with Crippen LogP contribution >= 0.6 is 23.2 Å². The Labute approximate surface area is 118 Å². The number of hydrogen-bond donors (Lipinski definition) is 0. The number of carbonyl (C=O) groups is 3. The summed E-state index contributed by atoms with van der Waals surface area (Å²) in [5, 5.41) is 0.434. The molecule has 0 aliphatic carbocycles. The van der Waals surface area contributed by atoms with Gasteiger partial charge in [0, 0.05) is 0 Å². The molecule has 0 unspecified atom stereocenters. The third-order valence-electron chi connectivity index (χ3n) is 2.37. The molecule has 1 aromatic carbocycles. The summed E-state index contributed by atoms with van der Waals surface area (Å²) < 4.78 is -0.0979. The average Bonchev–Trinajstić information content (AvgIpc) is 2.62. The van der Waals surface area contributed by atoms with Crippen LogP contribution in [0.3, 0.4) is 0 Å². The summed E-state index contributed by atoms with van der Waals surface area (Å²) in [7, 11) is 0. The van der Waals surface area contributed by atoms with Crippen molar-refractivity contribution >= 4 is 41.0 Å². The summed E-state index contributed by atoms with van der Waals surface area (Å²) in [5.41, 5.74) is 0.400. The third kappa shape index (κ3) is 2.77. The Balaban J connectivity index is 2.12. The number of nitrogens with zero attached hydrogens (tertiary/aromatic N) is 1. The van der Waals surface area contributed by atoms with Crippen LogP contribution in [-0.2, 0) is 9.63 Å². The topological polar surface area (TPSA) is 63.7 Å². The fourth-order valence-electron chi connectivity index (χ4n) is 1.55. The van der Waals surface area contributed by atoms with E-state index in [0.717, 1.165) is 0 Å². The quantitative estimate of drug-likeness (QED) is 0.804. The molecule has 0 bridgehead atoms. The number of imide groups is 1. The molecule has 0 saturated heterocycles. The Bertz CT molecular complexity index is 558. The normalized spacial score (nSPS) is 13.3. The van der Waals surface area contributed by atoms with Gasteiger partial charge in [0.15, 0.2) is 0 Å². The first-order valence-corrected chi connectivity index (χ1v) is 5.96. The van der Waals surface area contributed by atoms with Gasteiger partial charge in [-0.05, 0) is 18.2 Å². The van der Waals surface area contributed by atoms with Crippen LogP contribution in [0.2, 0.25) is 0 Å². The molecule has 0 aromatic heterocycles. The Morgan fingerprint density at radius 3 is 2.16 bits per heavy atom. The molecule has 98 valence electrons. The molecule has 7 heteroatoms. The van der Waals surface area contributed by atoms with Gasteiger partial charge in [0.2, 0.25) is 0 Å². The molecule has 0 N–H and O–H groups in total. The largest absolute Gasteiger partial charge is 0.337 e. The van der Waals surface area contributed by atoms with Crippen LogP contribution < -0.4 is 0 Å². The van der Waals surface area contributed by atoms with E-state index in [1.165, 1.54) is 18.2 Å². The molecule has 2 amide bonds. The van der Waals surface area contributed by atoms with Gasteiger partial charge in [-0.3, -0.25) is 9.59 Å². The van der Waals surface area contributed by atoms with Gasteiger partial charge in [0.1, 0.15) is 4.49 Å². The van der Waals surface area contributed by atoms with Gasteiger partial charge < -0.3 is 4.84 Å². The first kappa shape index (κ1) is 13.6. The lowest BCUT2D eigenvalue weighted by Crippen LogP contribution is -2.32. The van der Waals surface area contributed by atoms with Gasteiger partial charge in [-0.15, -0.1) is 0 Å². The Morgan fingerprint density at radius 1 is 1.16 bits per heavy atom.